The first-order valence-electron chi connectivity index (χ1n) is 9.82. The molecule has 1 aliphatic heterocycles. The number of aromatic nitrogens is 2. The Hall–Kier alpha value is -2.86. The Kier molecular flexibility index (Phi) is 5.30. The summed E-state index contributed by atoms with van der Waals surface area (Å²) in [5, 5.41) is 0. The maximum Gasteiger partial charge on any atom is 0.329 e. The number of rotatable bonds is 4. The molecule has 28 heavy (non-hydrogen) atoms. The van der Waals surface area contributed by atoms with Crippen molar-refractivity contribution >= 4 is 16.9 Å². The normalized spacial score (nSPS) is 15.7. The quantitative estimate of drug-likeness (QED) is 0.698. The van der Waals surface area contributed by atoms with E-state index in [-0.39, 0.29) is 18.1 Å². The number of nitrogens with zero attached hydrogens (tertiary/aromatic N) is 4. The number of amides is 1. The molecule has 0 spiro atoms. The first-order valence-corrected chi connectivity index (χ1v) is 9.82. The molecular formula is C22H26N4O2. The van der Waals surface area contributed by atoms with Crippen LogP contribution in [0.25, 0.3) is 11.0 Å². The molecule has 1 saturated heterocycles. The Bertz CT molecular complexity index is 1020. The second-order valence-corrected chi connectivity index (χ2v) is 7.41. The molecule has 0 atom stereocenters. The summed E-state index contributed by atoms with van der Waals surface area (Å²) in [5.41, 5.74) is 2.81. The van der Waals surface area contributed by atoms with Crippen LogP contribution in [-0.4, -0.2) is 51.0 Å². The van der Waals surface area contributed by atoms with E-state index < -0.39 is 0 Å². The number of aryl methyl sites for hydroxylation is 1. The molecule has 2 aromatic carbocycles. The summed E-state index contributed by atoms with van der Waals surface area (Å²) in [6.07, 6.45) is 0.947. The lowest BCUT2D eigenvalue weighted by Crippen LogP contribution is -2.39. The van der Waals surface area contributed by atoms with E-state index in [0.717, 1.165) is 43.6 Å². The minimum absolute atomic E-state index is 0.0139. The van der Waals surface area contributed by atoms with Crippen LogP contribution in [-0.2, 0) is 24.9 Å². The lowest BCUT2D eigenvalue weighted by Gasteiger charge is -2.22. The van der Waals surface area contributed by atoms with Crippen LogP contribution in [0.3, 0.4) is 0 Å². The highest BCUT2D eigenvalue weighted by Gasteiger charge is 2.21. The van der Waals surface area contributed by atoms with Gasteiger partial charge in [-0.15, -0.1) is 0 Å². The van der Waals surface area contributed by atoms with Crippen molar-refractivity contribution < 1.29 is 4.79 Å². The van der Waals surface area contributed by atoms with Crippen LogP contribution in [0, 0.1) is 0 Å². The monoisotopic (exact) mass is 378 g/mol. The SMILES string of the molecule is Cn1c(=O)n(CC(=O)N2CCCN(Cc3ccccc3)CC2)c2ccccc21. The van der Waals surface area contributed by atoms with Crippen LogP contribution < -0.4 is 5.69 Å². The van der Waals surface area contributed by atoms with Gasteiger partial charge in [0.05, 0.1) is 11.0 Å². The van der Waals surface area contributed by atoms with Gasteiger partial charge in [0.25, 0.3) is 0 Å². The molecule has 1 aromatic heterocycles. The van der Waals surface area contributed by atoms with Crippen molar-refractivity contribution in [1.82, 2.24) is 18.9 Å². The van der Waals surface area contributed by atoms with Crippen molar-refractivity contribution in [3.05, 3.63) is 70.6 Å². The van der Waals surface area contributed by atoms with Crippen LogP contribution in [0.5, 0.6) is 0 Å². The maximum absolute atomic E-state index is 12.9. The summed E-state index contributed by atoms with van der Waals surface area (Å²) in [7, 11) is 1.75. The van der Waals surface area contributed by atoms with Crippen LogP contribution in [0.4, 0.5) is 0 Å². The first kappa shape index (κ1) is 18.5. The summed E-state index contributed by atoms with van der Waals surface area (Å²) < 4.78 is 3.19. The third-order valence-corrected chi connectivity index (χ3v) is 5.54. The highest BCUT2D eigenvalue weighted by Crippen LogP contribution is 2.13. The first-order chi connectivity index (χ1) is 13.6. The van der Waals surface area contributed by atoms with E-state index in [0.29, 0.717) is 6.54 Å². The van der Waals surface area contributed by atoms with Crippen molar-refractivity contribution in [2.45, 2.75) is 19.5 Å². The van der Waals surface area contributed by atoms with Crippen LogP contribution in [0.2, 0.25) is 0 Å². The summed E-state index contributed by atoms with van der Waals surface area (Å²) in [5.74, 6) is 0.0139. The van der Waals surface area contributed by atoms with E-state index in [1.165, 1.54) is 5.56 Å². The Balaban J connectivity index is 1.43. The van der Waals surface area contributed by atoms with E-state index in [4.69, 9.17) is 0 Å². The summed E-state index contributed by atoms with van der Waals surface area (Å²) in [6, 6.07) is 18.0. The fraction of sp³-hybridized carbons (Fsp3) is 0.364. The van der Waals surface area contributed by atoms with E-state index in [1.54, 1.807) is 16.2 Å². The van der Waals surface area contributed by atoms with Gasteiger partial charge >= 0.3 is 5.69 Å². The summed E-state index contributed by atoms with van der Waals surface area (Å²) in [6.45, 7) is 4.28. The number of benzene rings is 2. The van der Waals surface area contributed by atoms with Crippen LogP contribution in [0.15, 0.2) is 59.4 Å². The predicted octanol–water partition coefficient (Wildman–Crippen LogP) is 2.07. The number of imidazole rings is 1. The second-order valence-electron chi connectivity index (χ2n) is 7.41. The number of carbonyl (C=O) groups is 1. The van der Waals surface area contributed by atoms with Gasteiger partial charge in [0.1, 0.15) is 6.54 Å². The van der Waals surface area contributed by atoms with E-state index in [1.807, 2.05) is 35.2 Å². The molecule has 146 valence electrons. The average molecular weight is 378 g/mol. The number of hydrogen-bond acceptors (Lipinski definition) is 3. The molecule has 4 rings (SSSR count). The molecule has 0 saturated carbocycles. The lowest BCUT2D eigenvalue weighted by atomic mass is 10.2. The Labute approximate surface area is 164 Å². The Morgan fingerprint density at radius 3 is 2.39 bits per heavy atom. The smallest absolute Gasteiger partial charge is 0.329 e. The van der Waals surface area contributed by atoms with Gasteiger partial charge in [-0.3, -0.25) is 18.8 Å². The fourth-order valence-corrected chi connectivity index (χ4v) is 3.97. The second kappa shape index (κ2) is 8.02. The third-order valence-electron chi connectivity index (χ3n) is 5.54. The van der Waals surface area contributed by atoms with Gasteiger partial charge in [-0.2, -0.15) is 0 Å². The summed E-state index contributed by atoms with van der Waals surface area (Å²) in [4.78, 5) is 29.8. The van der Waals surface area contributed by atoms with Crippen molar-refractivity contribution in [3.8, 4) is 0 Å². The van der Waals surface area contributed by atoms with Crippen molar-refractivity contribution in [1.29, 1.82) is 0 Å². The highest BCUT2D eigenvalue weighted by molar-refractivity contribution is 5.81. The fourth-order valence-electron chi connectivity index (χ4n) is 3.97. The van der Waals surface area contributed by atoms with Gasteiger partial charge in [-0.05, 0) is 24.1 Å². The Morgan fingerprint density at radius 2 is 1.61 bits per heavy atom. The highest BCUT2D eigenvalue weighted by atomic mass is 16.2. The zero-order chi connectivity index (χ0) is 19.5. The average Bonchev–Trinajstić information content (AvgIpc) is 2.88. The van der Waals surface area contributed by atoms with Crippen molar-refractivity contribution in [2.75, 3.05) is 26.2 Å². The predicted molar refractivity (Wildman–Crippen MR) is 110 cm³/mol. The van der Waals surface area contributed by atoms with Gasteiger partial charge in [-0.1, -0.05) is 42.5 Å². The topological polar surface area (TPSA) is 50.5 Å². The molecule has 6 heteroatoms. The Morgan fingerprint density at radius 1 is 0.893 bits per heavy atom. The maximum atomic E-state index is 12.9. The lowest BCUT2D eigenvalue weighted by molar-refractivity contribution is -0.131. The standard InChI is InChI=1S/C22H26N4O2/c1-23-19-10-5-6-11-20(19)26(22(23)28)17-21(27)25-13-7-12-24(14-15-25)16-18-8-3-2-4-9-18/h2-6,8-11H,7,12-17H2,1H3. The molecule has 3 aromatic rings. The zero-order valence-electron chi connectivity index (χ0n) is 16.3. The van der Waals surface area contributed by atoms with E-state index >= 15 is 0 Å². The molecule has 1 aliphatic rings. The van der Waals surface area contributed by atoms with E-state index in [9.17, 15) is 9.59 Å². The van der Waals surface area contributed by atoms with Gasteiger partial charge in [0.15, 0.2) is 0 Å². The molecular weight excluding hydrogens is 352 g/mol. The molecule has 0 radical (unpaired) electrons. The van der Waals surface area contributed by atoms with Gasteiger partial charge in [-0.25, -0.2) is 4.79 Å². The van der Waals surface area contributed by atoms with Crippen LogP contribution in [0.1, 0.15) is 12.0 Å². The number of para-hydroxylation sites is 2. The van der Waals surface area contributed by atoms with Crippen molar-refractivity contribution in [2.24, 2.45) is 7.05 Å². The van der Waals surface area contributed by atoms with Gasteiger partial charge in [0, 0.05) is 39.8 Å². The molecule has 0 aliphatic carbocycles. The van der Waals surface area contributed by atoms with Crippen molar-refractivity contribution in [3.63, 3.8) is 0 Å². The molecule has 0 unspecified atom stereocenters. The minimum Gasteiger partial charge on any atom is -0.340 e. The number of carbonyl (C=O) groups excluding carboxylic acids is 1. The molecule has 0 N–H and O–H groups in total. The molecule has 6 nitrogen and oxygen atoms in total. The summed E-state index contributed by atoms with van der Waals surface area (Å²) >= 11 is 0. The van der Waals surface area contributed by atoms with E-state index in [2.05, 4.69) is 29.2 Å². The molecule has 2 heterocycles. The number of fused-ring (bicyclic) bond motifs is 1. The number of hydrogen-bond donors (Lipinski definition) is 0. The zero-order valence-corrected chi connectivity index (χ0v) is 16.3. The molecule has 1 fully saturated rings. The molecule has 0 bridgehead atoms. The van der Waals surface area contributed by atoms with Gasteiger partial charge in [0.2, 0.25) is 5.91 Å². The molecule has 1 amide bonds. The minimum atomic E-state index is -0.143. The van der Waals surface area contributed by atoms with Gasteiger partial charge < -0.3 is 4.90 Å². The van der Waals surface area contributed by atoms with Crippen LogP contribution >= 0.6 is 0 Å². The largest absolute Gasteiger partial charge is 0.340 e. The third kappa shape index (κ3) is 3.73.